The Morgan fingerprint density at radius 2 is 1.69 bits per heavy atom. The summed E-state index contributed by atoms with van der Waals surface area (Å²) in [5.41, 5.74) is 1.79. The molecule has 0 atom stereocenters. The molecule has 0 aliphatic rings. The lowest BCUT2D eigenvalue weighted by Gasteiger charge is -2.42. The molecule has 0 amide bonds. The molecule has 1 aromatic heterocycles. The molecule has 0 fully saturated rings. The average molecular weight is 419 g/mol. The number of hydrogen-bond donors (Lipinski definition) is 1. The first kappa shape index (κ1) is 22.9. The Bertz CT molecular complexity index is 834. The molecule has 0 aliphatic heterocycles. The number of rotatable bonds is 8. The van der Waals surface area contributed by atoms with Crippen LogP contribution in [0.1, 0.15) is 51.9 Å². The van der Waals surface area contributed by atoms with Gasteiger partial charge in [0.25, 0.3) is 8.32 Å². The van der Waals surface area contributed by atoms with Gasteiger partial charge in [0.15, 0.2) is 5.82 Å². The predicted octanol–water partition coefficient (Wildman–Crippen LogP) is 6.31. The molecule has 2 aromatic rings. The van der Waals surface area contributed by atoms with Crippen LogP contribution in [0.2, 0.25) is 16.6 Å². The van der Waals surface area contributed by atoms with Crippen LogP contribution in [0.4, 0.5) is 15.9 Å². The summed E-state index contributed by atoms with van der Waals surface area (Å²) in [4.78, 5) is 16.1. The van der Waals surface area contributed by atoms with Crippen LogP contribution in [0.15, 0.2) is 36.5 Å². The summed E-state index contributed by atoms with van der Waals surface area (Å²) >= 11 is 0. The number of methoxy groups -OCH3 is 1. The Balaban J connectivity index is 2.33. The fourth-order valence-electron chi connectivity index (χ4n) is 4.12. The summed E-state index contributed by atoms with van der Waals surface area (Å²) in [6, 6.07) is 7.98. The molecule has 0 bridgehead atoms. The van der Waals surface area contributed by atoms with E-state index < -0.39 is 20.1 Å². The Morgan fingerprint density at radius 1 is 1.07 bits per heavy atom. The van der Waals surface area contributed by atoms with Crippen LogP contribution in [-0.4, -0.2) is 26.4 Å². The third-order valence-electron chi connectivity index (χ3n) is 5.40. The van der Waals surface area contributed by atoms with Gasteiger partial charge in [-0.25, -0.2) is 14.2 Å². The second-order valence-electron chi connectivity index (χ2n) is 8.08. The van der Waals surface area contributed by atoms with Crippen molar-refractivity contribution in [3.8, 4) is 5.75 Å². The number of halogens is 1. The maximum Gasteiger partial charge on any atom is 0.341 e. The lowest BCUT2D eigenvalue weighted by molar-refractivity contribution is 0.0601. The van der Waals surface area contributed by atoms with Crippen molar-refractivity contribution in [2.24, 2.45) is 0 Å². The maximum atomic E-state index is 14.9. The summed E-state index contributed by atoms with van der Waals surface area (Å²) in [5, 5.41) is 2.99. The number of esters is 1. The Morgan fingerprint density at radius 3 is 2.21 bits per heavy atom. The zero-order valence-electron chi connectivity index (χ0n) is 18.2. The van der Waals surface area contributed by atoms with Gasteiger partial charge in [-0.15, -0.1) is 0 Å². The van der Waals surface area contributed by atoms with E-state index in [2.05, 4.69) is 51.8 Å². The topological polar surface area (TPSA) is 60.5 Å². The Kier molecular flexibility index (Phi) is 7.41. The van der Waals surface area contributed by atoms with Crippen LogP contribution >= 0.6 is 0 Å². The molecule has 2 rings (SSSR count). The molecule has 0 aliphatic carbocycles. The number of benzene rings is 1. The van der Waals surface area contributed by atoms with Crippen molar-refractivity contribution in [2.45, 2.75) is 58.2 Å². The number of carbonyl (C=O) groups excluding carboxylic acids is 1. The molecule has 158 valence electrons. The molecule has 0 radical (unpaired) electrons. The highest BCUT2D eigenvalue weighted by Crippen LogP contribution is 2.43. The van der Waals surface area contributed by atoms with Gasteiger partial charge < -0.3 is 14.5 Å². The third kappa shape index (κ3) is 4.78. The second-order valence-corrected chi connectivity index (χ2v) is 13.5. The maximum absolute atomic E-state index is 14.9. The number of anilines is 2. The van der Waals surface area contributed by atoms with E-state index in [0.29, 0.717) is 28.1 Å². The van der Waals surface area contributed by atoms with Gasteiger partial charge >= 0.3 is 5.97 Å². The fraction of sp³-hybridized carbons (Fsp3) is 0.455. The van der Waals surface area contributed by atoms with E-state index >= 15 is 0 Å². The fourth-order valence-corrected chi connectivity index (χ4v) is 9.38. The van der Waals surface area contributed by atoms with Crippen molar-refractivity contribution in [3.63, 3.8) is 0 Å². The monoisotopic (exact) mass is 418 g/mol. The zero-order valence-corrected chi connectivity index (χ0v) is 19.2. The van der Waals surface area contributed by atoms with E-state index in [0.717, 1.165) is 0 Å². The first-order chi connectivity index (χ1) is 13.6. The number of aromatic nitrogens is 1. The highest BCUT2D eigenvalue weighted by atomic mass is 28.4. The van der Waals surface area contributed by atoms with E-state index in [1.165, 1.54) is 13.2 Å². The molecule has 0 saturated heterocycles. The number of nitrogens with one attached hydrogen (secondary N) is 1. The van der Waals surface area contributed by atoms with Crippen molar-refractivity contribution in [1.82, 2.24) is 4.98 Å². The Hall–Kier alpha value is -2.41. The molecule has 5 nitrogen and oxygen atoms in total. The lowest BCUT2D eigenvalue weighted by Crippen LogP contribution is -2.50. The molecule has 0 saturated carbocycles. The molecule has 0 spiro atoms. The quantitative estimate of drug-likeness (QED) is 0.402. The van der Waals surface area contributed by atoms with Crippen LogP contribution in [0, 0.1) is 5.82 Å². The van der Waals surface area contributed by atoms with Crippen LogP contribution in [0.25, 0.3) is 0 Å². The van der Waals surface area contributed by atoms with Gasteiger partial charge in [0, 0.05) is 18.0 Å². The first-order valence-electron chi connectivity index (χ1n) is 9.92. The molecule has 0 unspecified atom stereocenters. The summed E-state index contributed by atoms with van der Waals surface area (Å²) in [7, 11) is -0.949. The van der Waals surface area contributed by atoms with Gasteiger partial charge in [-0.3, -0.25) is 0 Å². The number of nitrogens with zero attached hydrogens (tertiary/aromatic N) is 1. The number of ether oxygens (including phenoxy) is 1. The van der Waals surface area contributed by atoms with Gasteiger partial charge in [-0.05, 0) is 40.9 Å². The number of carbonyl (C=O) groups is 1. The molecular formula is C22H31FN2O3Si. The van der Waals surface area contributed by atoms with Crippen LogP contribution < -0.4 is 9.74 Å². The van der Waals surface area contributed by atoms with Crippen LogP contribution in [0.3, 0.4) is 0 Å². The van der Waals surface area contributed by atoms with Gasteiger partial charge in [-0.1, -0.05) is 41.5 Å². The second kappa shape index (κ2) is 9.39. The Labute approximate surface area is 173 Å². The van der Waals surface area contributed by atoms with Crippen LogP contribution in [-0.2, 0) is 4.74 Å². The summed E-state index contributed by atoms with van der Waals surface area (Å²) < 4.78 is 26.2. The molecule has 1 N–H and O–H groups in total. The largest absolute Gasteiger partial charge is 0.541 e. The van der Waals surface area contributed by atoms with Gasteiger partial charge in [0.2, 0.25) is 0 Å². The average Bonchev–Trinajstić information content (AvgIpc) is 2.66. The minimum absolute atomic E-state index is 0.271. The lowest BCUT2D eigenvalue weighted by atomic mass is 10.2. The minimum Gasteiger partial charge on any atom is -0.541 e. The van der Waals surface area contributed by atoms with E-state index in [1.807, 2.05) is 0 Å². The normalized spacial score (nSPS) is 11.8. The molecule has 7 heteroatoms. The van der Waals surface area contributed by atoms with E-state index in [4.69, 9.17) is 9.16 Å². The van der Waals surface area contributed by atoms with Gasteiger partial charge in [0.05, 0.1) is 7.11 Å². The van der Waals surface area contributed by atoms with E-state index in [-0.39, 0.29) is 11.3 Å². The molecule has 1 heterocycles. The standard InChI is InChI=1S/C22H31FN2O3Si/c1-14(2)29(15(3)4,16(5)6)28-20-11-10-17(13-19(20)23)25-21-18(22(26)27-7)9-8-12-24-21/h8-16H,1-7H3,(H,24,25). The smallest absolute Gasteiger partial charge is 0.341 e. The van der Waals surface area contributed by atoms with Crippen LogP contribution in [0.5, 0.6) is 5.75 Å². The van der Waals surface area contributed by atoms with E-state index in [9.17, 15) is 9.18 Å². The van der Waals surface area contributed by atoms with Crippen molar-refractivity contribution in [1.29, 1.82) is 0 Å². The van der Waals surface area contributed by atoms with Crippen molar-refractivity contribution in [2.75, 3.05) is 12.4 Å². The minimum atomic E-state index is -2.25. The third-order valence-corrected chi connectivity index (χ3v) is 11.4. The molecule has 29 heavy (non-hydrogen) atoms. The first-order valence-corrected chi connectivity index (χ1v) is 12.1. The van der Waals surface area contributed by atoms with Crippen molar-refractivity contribution < 1.29 is 18.3 Å². The highest BCUT2D eigenvalue weighted by Gasteiger charge is 2.47. The van der Waals surface area contributed by atoms with Crippen molar-refractivity contribution >= 4 is 25.8 Å². The zero-order chi connectivity index (χ0) is 21.8. The number of hydrogen-bond acceptors (Lipinski definition) is 5. The summed E-state index contributed by atoms with van der Waals surface area (Å²) in [6.07, 6.45) is 1.55. The summed E-state index contributed by atoms with van der Waals surface area (Å²) in [5.74, 6) is -0.373. The highest BCUT2D eigenvalue weighted by molar-refractivity contribution is 6.78. The predicted molar refractivity (Wildman–Crippen MR) is 117 cm³/mol. The SMILES string of the molecule is COC(=O)c1cccnc1Nc1ccc(O[Si](C(C)C)(C(C)C)C(C)C)c(F)c1. The number of pyridine rings is 1. The van der Waals surface area contributed by atoms with Gasteiger partial charge in [-0.2, -0.15) is 0 Å². The van der Waals surface area contributed by atoms with Gasteiger partial charge in [0.1, 0.15) is 17.1 Å². The molecule has 1 aromatic carbocycles. The molecular weight excluding hydrogens is 387 g/mol. The van der Waals surface area contributed by atoms with Crippen molar-refractivity contribution in [3.05, 3.63) is 47.9 Å². The summed E-state index contributed by atoms with van der Waals surface area (Å²) in [6.45, 7) is 13.0. The van der Waals surface area contributed by atoms with E-state index in [1.54, 1.807) is 30.5 Å².